The molecule has 19 heavy (non-hydrogen) atoms. The van der Waals surface area contributed by atoms with E-state index >= 15 is 0 Å². The number of nitrogens with one attached hydrogen (secondary N) is 1. The number of carbonyl (C=O) groups excluding carboxylic acids is 3. The van der Waals surface area contributed by atoms with Gasteiger partial charge in [-0.1, -0.05) is 15.9 Å². The topological polar surface area (TPSA) is 66.5 Å². The van der Waals surface area contributed by atoms with Gasteiger partial charge in [0.2, 0.25) is 11.8 Å². The molecule has 1 aromatic carbocycles. The lowest BCUT2D eigenvalue weighted by Crippen LogP contribution is -2.58. The van der Waals surface area contributed by atoms with Gasteiger partial charge in [0.15, 0.2) is 0 Å². The van der Waals surface area contributed by atoms with E-state index in [1.54, 1.807) is 0 Å². The van der Waals surface area contributed by atoms with Crippen LogP contribution in [0, 0.1) is 5.82 Å². The lowest BCUT2D eigenvalue weighted by Gasteiger charge is -2.31. The van der Waals surface area contributed by atoms with Crippen LogP contribution in [-0.4, -0.2) is 35.2 Å². The Kier molecular flexibility index (Phi) is 3.66. The second-order valence-corrected chi connectivity index (χ2v) is 5.10. The van der Waals surface area contributed by atoms with E-state index in [0.717, 1.165) is 11.0 Å². The third kappa shape index (κ3) is 2.81. The van der Waals surface area contributed by atoms with Crippen LogP contribution in [0.4, 0.5) is 4.39 Å². The first kappa shape index (κ1) is 13.7. The first-order chi connectivity index (χ1) is 8.88. The lowest BCUT2D eigenvalue weighted by molar-refractivity contribution is -0.138. The van der Waals surface area contributed by atoms with Gasteiger partial charge in [0.05, 0.1) is 0 Å². The van der Waals surface area contributed by atoms with Crippen LogP contribution in [0.1, 0.15) is 17.3 Å². The van der Waals surface area contributed by atoms with Crippen LogP contribution in [0.25, 0.3) is 0 Å². The summed E-state index contributed by atoms with van der Waals surface area (Å²) in [6.07, 6.45) is 0. The standard InChI is InChI=1S/C12H10BrFN2O3/c1-6-11(18)15-10(17)5-16(6)12(19)7-2-8(13)4-9(14)3-7/h2-4,6H,5H2,1H3,(H,15,17,18). The highest BCUT2D eigenvalue weighted by molar-refractivity contribution is 9.10. The Bertz CT molecular complexity index is 556. The molecule has 0 spiro atoms. The number of amides is 3. The molecule has 100 valence electrons. The summed E-state index contributed by atoms with van der Waals surface area (Å²) in [5.41, 5.74) is 0.0845. The predicted octanol–water partition coefficient (Wildman–Crippen LogP) is 1.08. The lowest BCUT2D eigenvalue weighted by atomic mass is 10.1. The van der Waals surface area contributed by atoms with Crippen molar-refractivity contribution in [3.05, 3.63) is 34.1 Å². The number of piperazine rings is 1. The van der Waals surface area contributed by atoms with Gasteiger partial charge in [0.1, 0.15) is 18.4 Å². The maximum atomic E-state index is 13.3. The highest BCUT2D eigenvalue weighted by atomic mass is 79.9. The monoisotopic (exact) mass is 328 g/mol. The van der Waals surface area contributed by atoms with E-state index in [-0.39, 0.29) is 12.1 Å². The van der Waals surface area contributed by atoms with Gasteiger partial charge in [-0.2, -0.15) is 0 Å². The third-order valence-electron chi connectivity index (χ3n) is 2.79. The number of rotatable bonds is 1. The van der Waals surface area contributed by atoms with Crippen LogP contribution in [0.5, 0.6) is 0 Å². The largest absolute Gasteiger partial charge is 0.318 e. The van der Waals surface area contributed by atoms with Crippen LogP contribution in [0.15, 0.2) is 22.7 Å². The van der Waals surface area contributed by atoms with Crippen LogP contribution >= 0.6 is 15.9 Å². The molecule has 1 fully saturated rings. The van der Waals surface area contributed by atoms with Crippen LogP contribution in [0.2, 0.25) is 0 Å². The molecule has 1 saturated heterocycles. The minimum absolute atomic E-state index is 0.0845. The maximum absolute atomic E-state index is 13.3. The maximum Gasteiger partial charge on any atom is 0.255 e. The molecular weight excluding hydrogens is 319 g/mol. The van der Waals surface area contributed by atoms with E-state index in [2.05, 4.69) is 21.2 Å². The highest BCUT2D eigenvalue weighted by Gasteiger charge is 2.34. The molecule has 5 nitrogen and oxygen atoms in total. The average Bonchev–Trinajstić information content (AvgIpc) is 2.31. The Morgan fingerprint density at radius 3 is 2.74 bits per heavy atom. The summed E-state index contributed by atoms with van der Waals surface area (Å²) in [7, 11) is 0. The Morgan fingerprint density at radius 1 is 1.42 bits per heavy atom. The molecule has 1 N–H and O–H groups in total. The fourth-order valence-corrected chi connectivity index (χ4v) is 2.27. The summed E-state index contributed by atoms with van der Waals surface area (Å²) in [5, 5.41) is 2.13. The summed E-state index contributed by atoms with van der Waals surface area (Å²) in [5.74, 6) is -2.22. The van der Waals surface area contributed by atoms with Crippen molar-refractivity contribution < 1.29 is 18.8 Å². The van der Waals surface area contributed by atoms with E-state index in [0.29, 0.717) is 4.47 Å². The van der Waals surface area contributed by atoms with Gasteiger partial charge in [-0.3, -0.25) is 19.7 Å². The van der Waals surface area contributed by atoms with Gasteiger partial charge in [0, 0.05) is 10.0 Å². The number of carbonyl (C=O) groups is 3. The van der Waals surface area contributed by atoms with E-state index in [1.807, 2.05) is 0 Å². The molecule has 1 heterocycles. The molecule has 1 atom stereocenters. The molecule has 1 unspecified atom stereocenters. The minimum atomic E-state index is -0.771. The summed E-state index contributed by atoms with van der Waals surface area (Å²) >= 11 is 3.09. The summed E-state index contributed by atoms with van der Waals surface area (Å²) < 4.78 is 13.7. The van der Waals surface area contributed by atoms with Gasteiger partial charge in [-0.25, -0.2) is 4.39 Å². The van der Waals surface area contributed by atoms with Gasteiger partial charge in [0.25, 0.3) is 5.91 Å². The molecule has 2 rings (SSSR count). The SMILES string of the molecule is CC1C(=O)NC(=O)CN1C(=O)c1cc(F)cc(Br)c1. The van der Waals surface area contributed by atoms with Crippen molar-refractivity contribution in [2.24, 2.45) is 0 Å². The number of hydrogen-bond donors (Lipinski definition) is 1. The van der Waals surface area contributed by atoms with Crippen LogP contribution in [-0.2, 0) is 9.59 Å². The molecule has 0 aromatic heterocycles. The zero-order chi connectivity index (χ0) is 14.2. The van der Waals surface area contributed by atoms with Crippen molar-refractivity contribution in [3.8, 4) is 0 Å². The minimum Gasteiger partial charge on any atom is -0.318 e. The number of nitrogens with zero attached hydrogens (tertiary/aromatic N) is 1. The highest BCUT2D eigenvalue weighted by Crippen LogP contribution is 2.18. The molecule has 1 aromatic rings. The fraction of sp³-hybridized carbons (Fsp3) is 0.250. The molecule has 1 aliphatic rings. The number of hydrogen-bond acceptors (Lipinski definition) is 3. The van der Waals surface area contributed by atoms with Crippen molar-refractivity contribution in [1.29, 1.82) is 0 Å². The fourth-order valence-electron chi connectivity index (χ4n) is 1.81. The third-order valence-corrected chi connectivity index (χ3v) is 3.25. The van der Waals surface area contributed by atoms with E-state index in [1.165, 1.54) is 19.1 Å². The smallest absolute Gasteiger partial charge is 0.255 e. The van der Waals surface area contributed by atoms with E-state index in [9.17, 15) is 18.8 Å². The molecule has 0 aliphatic carbocycles. The molecule has 0 saturated carbocycles. The van der Waals surface area contributed by atoms with Crippen LogP contribution < -0.4 is 5.32 Å². The Labute approximate surface area is 116 Å². The average molecular weight is 329 g/mol. The molecule has 0 bridgehead atoms. The van der Waals surface area contributed by atoms with E-state index in [4.69, 9.17) is 0 Å². The Balaban J connectivity index is 2.32. The Morgan fingerprint density at radius 2 is 2.11 bits per heavy atom. The zero-order valence-corrected chi connectivity index (χ0v) is 11.5. The summed E-state index contributed by atoms with van der Waals surface area (Å²) in [6, 6.07) is 2.95. The second kappa shape index (κ2) is 5.08. The normalized spacial score (nSPS) is 19.3. The molecular formula is C12H10BrFN2O3. The van der Waals surface area contributed by atoms with Gasteiger partial charge in [-0.15, -0.1) is 0 Å². The molecule has 1 aliphatic heterocycles. The summed E-state index contributed by atoms with van der Waals surface area (Å²) in [6.45, 7) is 1.29. The van der Waals surface area contributed by atoms with Crippen LogP contribution in [0.3, 0.4) is 0 Å². The first-order valence-corrected chi connectivity index (χ1v) is 6.28. The predicted molar refractivity (Wildman–Crippen MR) is 67.7 cm³/mol. The molecule has 7 heteroatoms. The van der Waals surface area contributed by atoms with Crippen molar-refractivity contribution in [3.63, 3.8) is 0 Å². The van der Waals surface area contributed by atoms with Gasteiger partial charge in [-0.05, 0) is 25.1 Å². The van der Waals surface area contributed by atoms with Crippen molar-refractivity contribution >= 4 is 33.7 Å². The number of halogens is 2. The quantitative estimate of drug-likeness (QED) is 0.784. The first-order valence-electron chi connectivity index (χ1n) is 5.49. The summed E-state index contributed by atoms with van der Waals surface area (Å²) in [4.78, 5) is 36.1. The Hall–Kier alpha value is -1.76. The van der Waals surface area contributed by atoms with Gasteiger partial charge < -0.3 is 4.90 Å². The molecule has 3 amide bonds. The second-order valence-electron chi connectivity index (χ2n) is 4.18. The van der Waals surface area contributed by atoms with Crippen molar-refractivity contribution in [2.45, 2.75) is 13.0 Å². The number of imide groups is 1. The number of benzene rings is 1. The van der Waals surface area contributed by atoms with Gasteiger partial charge >= 0.3 is 0 Å². The van der Waals surface area contributed by atoms with Crippen molar-refractivity contribution in [1.82, 2.24) is 10.2 Å². The zero-order valence-electron chi connectivity index (χ0n) is 9.94. The van der Waals surface area contributed by atoms with E-state index < -0.39 is 29.6 Å². The van der Waals surface area contributed by atoms with Crippen molar-refractivity contribution in [2.75, 3.05) is 6.54 Å². The molecule has 0 radical (unpaired) electrons.